The van der Waals surface area contributed by atoms with Crippen LogP contribution in [-0.4, -0.2) is 21.0 Å². The fraction of sp³-hybridized carbons (Fsp3) is 0.400. The van der Waals surface area contributed by atoms with Gasteiger partial charge in [-0.3, -0.25) is 4.79 Å². The van der Waals surface area contributed by atoms with E-state index in [1.54, 1.807) is 18.2 Å². The monoisotopic (exact) mass is 326 g/mol. The summed E-state index contributed by atoms with van der Waals surface area (Å²) >= 11 is 1.13. The van der Waals surface area contributed by atoms with Gasteiger partial charge >= 0.3 is 6.18 Å². The smallest absolute Gasteiger partial charge is 0.298 e. The van der Waals surface area contributed by atoms with E-state index in [-0.39, 0.29) is 21.6 Å². The van der Waals surface area contributed by atoms with E-state index in [9.17, 15) is 18.0 Å². The summed E-state index contributed by atoms with van der Waals surface area (Å²) in [5, 5.41) is 0.477. The Morgan fingerprint density at radius 1 is 1.14 bits per heavy atom. The van der Waals surface area contributed by atoms with Crippen molar-refractivity contribution in [1.82, 2.24) is 9.97 Å². The average Bonchev–Trinajstić information content (AvgIpc) is 2.48. The molecular weight excluding hydrogens is 313 g/mol. The second kappa shape index (κ2) is 5.87. The maximum Gasteiger partial charge on any atom is 0.451 e. The molecule has 1 aliphatic rings. The third kappa shape index (κ3) is 3.09. The van der Waals surface area contributed by atoms with E-state index in [2.05, 4.69) is 9.97 Å². The number of carbonyl (C=O) groups excluding carboxylic acids is 1. The lowest BCUT2D eigenvalue weighted by Gasteiger charge is -2.20. The molecule has 0 spiro atoms. The molecule has 0 bridgehead atoms. The predicted octanol–water partition coefficient (Wildman–Crippen LogP) is 4.25. The van der Waals surface area contributed by atoms with Gasteiger partial charge in [-0.15, -0.1) is 0 Å². The lowest BCUT2D eigenvalue weighted by molar-refractivity contribution is -0.145. The molecule has 116 valence electrons. The molecule has 1 fully saturated rings. The van der Waals surface area contributed by atoms with Crippen LogP contribution < -0.4 is 0 Å². The Kier molecular flexibility index (Phi) is 4.08. The SMILES string of the molecule is O=C1CCCCC1Sc1nc(C(F)(F)F)nc2ccccc12. The number of Topliss-reactive ketones (excluding diaryl/α,β-unsaturated/α-hetero) is 1. The topological polar surface area (TPSA) is 42.9 Å². The van der Waals surface area contributed by atoms with Crippen molar-refractivity contribution in [2.24, 2.45) is 0 Å². The molecule has 22 heavy (non-hydrogen) atoms. The van der Waals surface area contributed by atoms with Crippen molar-refractivity contribution >= 4 is 28.4 Å². The van der Waals surface area contributed by atoms with Crippen LogP contribution in [0, 0.1) is 0 Å². The standard InChI is InChI=1S/C15H13F3N2OS/c16-15(17,18)14-19-10-6-2-1-5-9(10)13(20-14)22-12-8-4-3-7-11(12)21/h1-2,5-6,12H,3-4,7-8H2. The van der Waals surface area contributed by atoms with E-state index in [0.29, 0.717) is 18.2 Å². The van der Waals surface area contributed by atoms with Crippen molar-refractivity contribution in [2.45, 2.75) is 42.1 Å². The molecule has 1 unspecified atom stereocenters. The zero-order chi connectivity index (χ0) is 15.7. The number of halogens is 3. The number of thioether (sulfide) groups is 1. The van der Waals surface area contributed by atoms with Crippen molar-refractivity contribution in [2.75, 3.05) is 0 Å². The van der Waals surface area contributed by atoms with E-state index >= 15 is 0 Å². The number of hydrogen-bond donors (Lipinski definition) is 0. The van der Waals surface area contributed by atoms with Gasteiger partial charge in [-0.1, -0.05) is 36.4 Å². The summed E-state index contributed by atoms with van der Waals surface area (Å²) in [7, 11) is 0. The fourth-order valence-electron chi connectivity index (χ4n) is 2.47. The Hall–Kier alpha value is -1.63. The summed E-state index contributed by atoms with van der Waals surface area (Å²) < 4.78 is 38.8. The van der Waals surface area contributed by atoms with Gasteiger partial charge in [0.15, 0.2) is 0 Å². The molecule has 1 heterocycles. The molecule has 1 aliphatic carbocycles. The van der Waals surface area contributed by atoms with Crippen molar-refractivity contribution in [3.8, 4) is 0 Å². The molecule has 0 saturated heterocycles. The van der Waals surface area contributed by atoms with Crippen LogP contribution in [0.25, 0.3) is 10.9 Å². The quantitative estimate of drug-likeness (QED) is 0.774. The molecule has 1 atom stereocenters. The Morgan fingerprint density at radius 3 is 2.64 bits per heavy atom. The number of nitrogens with zero attached hydrogens (tertiary/aromatic N) is 2. The first-order chi connectivity index (χ1) is 10.4. The molecule has 3 rings (SSSR count). The van der Waals surface area contributed by atoms with Crippen molar-refractivity contribution in [3.63, 3.8) is 0 Å². The first-order valence-corrected chi connectivity index (χ1v) is 7.86. The van der Waals surface area contributed by atoms with Gasteiger partial charge in [-0.25, -0.2) is 9.97 Å². The minimum atomic E-state index is -4.60. The average molecular weight is 326 g/mol. The molecule has 0 N–H and O–H groups in total. The van der Waals surface area contributed by atoms with E-state index in [0.717, 1.165) is 24.6 Å². The highest BCUT2D eigenvalue weighted by molar-refractivity contribution is 8.00. The van der Waals surface area contributed by atoms with Crippen LogP contribution >= 0.6 is 11.8 Å². The van der Waals surface area contributed by atoms with E-state index in [1.165, 1.54) is 6.07 Å². The van der Waals surface area contributed by atoms with Crippen LogP contribution in [0.3, 0.4) is 0 Å². The summed E-state index contributed by atoms with van der Waals surface area (Å²) in [5.41, 5.74) is 0.246. The third-order valence-corrected chi connectivity index (χ3v) is 4.89. The first kappa shape index (κ1) is 15.3. The Morgan fingerprint density at radius 2 is 1.91 bits per heavy atom. The van der Waals surface area contributed by atoms with Crippen LogP contribution in [0.15, 0.2) is 29.3 Å². The van der Waals surface area contributed by atoms with E-state index in [4.69, 9.17) is 0 Å². The molecule has 2 aromatic rings. The van der Waals surface area contributed by atoms with Gasteiger partial charge < -0.3 is 0 Å². The molecule has 0 radical (unpaired) electrons. The molecule has 0 amide bonds. The molecular formula is C15H13F3N2OS. The largest absolute Gasteiger partial charge is 0.451 e. The Bertz CT molecular complexity index is 717. The second-order valence-electron chi connectivity index (χ2n) is 5.19. The van der Waals surface area contributed by atoms with Gasteiger partial charge in [0.2, 0.25) is 5.82 Å². The number of carbonyl (C=O) groups is 1. The first-order valence-electron chi connectivity index (χ1n) is 6.98. The van der Waals surface area contributed by atoms with Crippen LogP contribution in [0.5, 0.6) is 0 Å². The summed E-state index contributed by atoms with van der Waals surface area (Å²) in [5.74, 6) is -1.07. The summed E-state index contributed by atoms with van der Waals surface area (Å²) in [6.45, 7) is 0. The normalized spacial score (nSPS) is 19.6. The number of hydrogen-bond acceptors (Lipinski definition) is 4. The number of rotatable bonds is 2. The molecule has 7 heteroatoms. The molecule has 0 aliphatic heterocycles. The van der Waals surface area contributed by atoms with Gasteiger partial charge in [-0.05, 0) is 18.9 Å². The number of ketones is 1. The Labute approximate surface area is 129 Å². The number of benzene rings is 1. The van der Waals surface area contributed by atoms with Crippen LogP contribution in [0.1, 0.15) is 31.5 Å². The van der Waals surface area contributed by atoms with Crippen molar-refractivity contribution in [3.05, 3.63) is 30.1 Å². The fourth-order valence-corrected chi connectivity index (χ4v) is 3.72. The zero-order valence-electron chi connectivity index (χ0n) is 11.6. The molecule has 1 aromatic heterocycles. The predicted molar refractivity (Wildman–Crippen MR) is 77.7 cm³/mol. The highest BCUT2D eigenvalue weighted by atomic mass is 32.2. The highest BCUT2D eigenvalue weighted by Crippen LogP contribution is 2.36. The third-order valence-electron chi connectivity index (χ3n) is 3.57. The van der Waals surface area contributed by atoms with Gasteiger partial charge in [-0.2, -0.15) is 13.2 Å². The van der Waals surface area contributed by atoms with Crippen LogP contribution in [0.4, 0.5) is 13.2 Å². The number of aromatic nitrogens is 2. The maximum atomic E-state index is 12.9. The minimum Gasteiger partial charge on any atom is -0.298 e. The van der Waals surface area contributed by atoms with Crippen molar-refractivity contribution in [1.29, 1.82) is 0 Å². The Balaban J connectivity index is 2.04. The summed E-state index contributed by atoms with van der Waals surface area (Å²) in [6, 6.07) is 6.57. The van der Waals surface area contributed by atoms with Gasteiger partial charge in [0.1, 0.15) is 10.8 Å². The van der Waals surface area contributed by atoms with E-state index < -0.39 is 12.0 Å². The van der Waals surface area contributed by atoms with Gasteiger partial charge in [0.05, 0.1) is 10.8 Å². The van der Waals surface area contributed by atoms with E-state index in [1.807, 2.05) is 0 Å². The maximum absolute atomic E-state index is 12.9. The summed E-state index contributed by atoms with van der Waals surface area (Å²) in [4.78, 5) is 19.2. The lowest BCUT2D eigenvalue weighted by Crippen LogP contribution is -2.21. The van der Waals surface area contributed by atoms with Crippen LogP contribution in [0.2, 0.25) is 0 Å². The summed E-state index contributed by atoms with van der Waals surface area (Å²) in [6.07, 6.45) is -1.65. The number of alkyl halides is 3. The number of para-hydroxylation sites is 1. The lowest BCUT2D eigenvalue weighted by atomic mass is 9.99. The number of fused-ring (bicyclic) bond motifs is 1. The van der Waals surface area contributed by atoms with Gasteiger partial charge in [0, 0.05) is 11.8 Å². The molecule has 3 nitrogen and oxygen atoms in total. The zero-order valence-corrected chi connectivity index (χ0v) is 12.4. The second-order valence-corrected chi connectivity index (χ2v) is 6.38. The molecule has 1 saturated carbocycles. The highest BCUT2D eigenvalue weighted by Gasteiger charge is 2.36. The van der Waals surface area contributed by atoms with Gasteiger partial charge in [0.25, 0.3) is 0 Å². The van der Waals surface area contributed by atoms with Crippen LogP contribution in [-0.2, 0) is 11.0 Å². The van der Waals surface area contributed by atoms with Crippen molar-refractivity contribution < 1.29 is 18.0 Å². The molecule has 1 aromatic carbocycles. The minimum absolute atomic E-state index is 0.0903.